The first kappa shape index (κ1) is 30.5. The van der Waals surface area contributed by atoms with Crippen LogP contribution in [0.3, 0.4) is 0 Å². The molecule has 8 N–H and O–H groups in total. The predicted molar refractivity (Wildman–Crippen MR) is 131 cm³/mol. The fourth-order valence-corrected chi connectivity index (χ4v) is 3.55. The molecule has 0 aliphatic heterocycles. The van der Waals surface area contributed by atoms with Crippen LogP contribution in [0.4, 0.5) is 0 Å². The molecule has 186 valence electrons. The van der Waals surface area contributed by atoms with Crippen molar-refractivity contribution in [3.63, 3.8) is 0 Å². The van der Waals surface area contributed by atoms with Crippen LogP contribution >= 0.6 is 24.4 Å². The van der Waals surface area contributed by atoms with Gasteiger partial charge in [-0.3, -0.25) is 14.4 Å². The minimum atomic E-state index is -1.15. The normalized spacial score (nSPS) is 15.7. The molecule has 0 spiro atoms. The molecule has 0 aromatic heterocycles. The topological polar surface area (TPSA) is 177 Å². The van der Waals surface area contributed by atoms with E-state index in [-0.39, 0.29) is 18.1 Å². The monoisotopic (exact) mass is 493 g/mol. The van der Waals surface area contributed by atoms with Gasteiger partial charge in [0.1, 0.15) is 18.1 Å². The number of carbonyl (C=O) groups excluding carboxylic acids is 3. The average molecular weight is 494 g/mol. The molecule has 0 aliphatic rings. The van der Waals surface area contributed by atoms with Crippen LogP contribution in [0.15, 0.2) is 0 Å². The van der Waals surface area contributed by atoms with E-state index in [2.05, 4.69) is 28.6 Å². The number of nitrogens with two attached hydrogens (primary N) is 2. The van der Waals surface area contributed by atoms with E-state index < -0.39 is 47.9 Å². The molecule has 0 bridgehead atoms. The number of amides is 3. The van der Waals surface area contributed by atoms with Gasteiger partial charge in [-0.1, -0.05) is 26.7 Å². The van der Waals surface area contributed by atoms with Gasteiger partial charge in [-0.15, -0.1) is 0 Å². The molecule has 0 aromatic carbocycles. The van der Waals surface area contributed by atoms with E-state index in [0.717, 1.165) is 6.42 Å². The first-order chi connectivity index (χ1) is 15.1. The summed E-state index contributed by atoms with van der Waals surface area (Å²) in [7, 11) is 0. The van der Waals surface area contributed by atoms with Crippen LogP contribution in [-0.2, 0) is 19.2 Å². The van der Waals surface area contributed by atoms with Gasteiger partial charge in [0.25, 0.3) is 0 Å². The van der Waals surface area contributed by atoms with Crippen LogP contribution in [0, 0.1) is 5.92 Å². The van der Waals surface area contributed by atoms with E-state index in [0.29, 0.717) is 31.6 Å². The van der Waals surface area contributed by atoms with Gasteiger partial charge < -0.3 is 32.5 Å². The number of aliphatic carboxylic acids is 1. The van der Waals surface area contributed by atoms with E-state index in [1.54, 1.807) is 0 Å². The molecular weight excluding hydrogens is 454 g/mol. The number of nitrogens with one attached hydrogen (secondary N) is 3. The maximum absolute atomic E-state index is 12.9. The molecule has 0 aliphatic carbocycles. The third-order valence-corrected chi connectivity index (χ3v) is 6.15. The van der Waals surface area contributed by atoms with E-state index in [1.807, 2.05) is 20.1 Å². The maximum Gasteiger partial charge on any atom is 0.326 e. The van der Waals surface area contributed by atoms with Gasteiger partial charge in [-0.05, 0) is 43.7 Å². The third-order valence-electron chi connectivity index (χ3n) is 5.14. The van der Waals surface area contributed by atoms with E-state index in [9.17, 15) is 24.3 Å². The molecule has 0 heterocycles. The van der Waals surface area contributed by atoms with Crippen LogP contribution in [0.2, 0.25) is 0 Å². The highest BCUT2D eigenvalue weighted by atomic mass is 32.2. The molecule has 32 heavy (non-hydrogen) atoms. The fraction of sp³-hybridized carbons (Fsp3) is 0.800. The summed E-state index contributed by atoms with van der Waals surface area (Å²) in [5, 5.41) is 17.0. The van der Waals surface area contributed by atoms with Crippen molar-refractivity contribution in [2.45, 2.75) is 70.1 Å². The van der Waals surface area contributed by atoms with Crippen molar-refractivity contribution in [3.8, 4) is 0 Å². The molecule has 5 atom stereocenters. The summed E-state index contributed by atoms with van der Waals surface area (Å²) >= 11 is 5.59. The quantitative estimate of drug-likeness (QED) is 0.107. The lowest BCUT2D eigenvalue weighted by Crippen LogP contribution is -2.59. The lowest BCUT2D eigenvalue weighted by Gasteiger charge is -2.27. The molecule has 0 aromatic rings. The van der Waals surface area contributed by atoms with Crippen molar-refractivity contribution in [1.29, 1.82) is 0 Å². The molecule has 5 unspecified atom stereocenters. The summed E-state index contributed by atoms with van der Waals surface area (Å²) in [5.41, 5.74) is 11.4. The number of carbonyl (C=O) groups is 4. The van der Waals surface area contributed by atoms with Crippen LogP contribution in [-0.4, -0.2) is 77.3 Å². The summed E-state index contributed by atoms with van der Waals surface area (Å²) in [5.74, 6) is -2.48. The summed E-state index contributed by atoms with van der Waals surface area (Å²) in [6.45, 7) is 4.20. The van der Waals surface area contributed by atoms with Gasteiger partial charge in [0.15, 0.2) is 0 Å². The van der Waals surface area contributed by atoms with Crippen molar-refractivity contribution in [1.82, 2.24) is 16.0 Å². The summed E-state index contributed by atoms with van der Waals surface area (Å²) in [6.07, 6.45) is 4.60. The number of hydrogen-bond donors (Lipinski definition) is 7. The van der Waals surface area contributed by atoms with E-state index >= 15 is 0 Å². The molecule has 3 amide bonds. The van der Waals surface area contributed by atoms with Gasteiger partial charge >= 0.3 is 5.97 Å². The van der Waals surface area contributed by atoms with Crippen molar-refractivity contribution < 1.29 is 24.3 Å². The number of rotatable bonds is 17. The Balaban J connectivity index is 5.17. The number of unbranched alkanes of at least 4 members (excludes halogenated alkanes) is 1. The summed E-state index contributed by atoms with van der Waals surface area (Å²) in [6, 6.07) is -3.78. The smallest absolute Gasteiger partial charge is 0.326 e. The van der Waals surface area contributed by atoms with Crippen LogP contribution in [0.1, 0.15) is 46.0 Å². The third kappa shape index (κ3) is 11.4. The number of carboxylic acids is 1. The van der Waals surface area contributed by atoms with Crippen molar-refractivity contribution in [2.24, 2.45) is 17.4 Å². The highest BCUT2D eigenvalue weighted by Gasteiger charge is 2.31. The van der Waals surface area contributed by atoms with Gasteiger partial charge in [0, 0.05) is 5.75 Å². The molecule has 0 fully saturated rings. The Kier molecular flexibility index (Phi) is 16.2. The predicted octanol–water partition coefficient (Wildman–Crippen LogP) is -0.289. The maximum atomic E-state index is 12.9. The second-order valence-electron chi connectivity index (χ2n) is 7.69. The molecule has 0 radical (unpaired) electrons. The molecule has 0 saturated heterocycles. The van der Waals surface area contributed by atoms with Crippen molar-refractivity contribution >= 4 is 48.1 Å². The van der Waals surface area contributed by atoms with Crippen molar-refractivity contribution in [2.75, 3.05) is 24.3 Å². The van der Waals surface area contributed by atoms with Gasteiger partial charge in [0.05, 0.1) is 6.04 Å². The largest absolute Gasteiger partial charge is 0.480 e. The zero-order valence-corrected chi connectivity index (χ0v) is 20.8. The number of hydrogen-bond acceptors (Lipinski definition) is 8. The lowest BCUT2D eigenvalue weighted by atomic mass is 9.97. The lowest BCUT2D eigenvalue weighted by molar-refractivity contribution is -0.142. The Morgan fingerprint density at radius 3 is 2.12 bits per heavy atom. The standard InChI is InChI=1S/C20H39N5O5S2/c1-4-12(2)16(25-17(26)13(22)7-5-6-9-21)19(28)24-15(11-31)18(27)23-14(20(29)30)8-10-32-3/h12-16,31H,4-11,21-22H2,1-3H3,(H,23,27)(H,24,28)(H,25,26)(H,29,30). The minimum Gasteiger partial charge on any atom is -0.480 e. The van der Waals surface area contributed by atoms with E-state index in [4.69, 9.17) is 11.5 Å². The highest BCUT2D eigenvalue weighted by molar-refractivity contribution is 7.98. The Morgan fingerprint density at radius 1 is 1.00 bits per heavy atom. The number of thiol groups is 1. The second kappa shape index (κ2) is 17.0. The second-order valence-corrected chi connectivity index (χ2v) is 9.04. The summed E-state index contributed by atoms with van der Waals surface area (Å²) in [4.78, 5) is 49.3. The van der Waals surface area contributed by atoms with Crippen LogP contribution < -0.4 is 27.4 Å². The average Bonchev–Trinajstić information content (AvgIpc) is 2.77. The Labute approximate surface area is 200 Å². The molecule has 0 saturated carbocycles. The number of carboxylic acid groups (broad SMARTS) is 1. The van der Waals surface area contributed by atoms with Gasteiger partial charge in [0.2, 0.25) is 17.7 Å². The Hall–Kier alpha value is -1.50. The number of thioether (sulfide) groups is 1. The van der Waals surface area contributed by atoms with Gasteiger partial charge in [-0.25, -0.2) is 4.79 Å². The Morgan fingerprint density at radius 2 is 1.62 bits per heavy atom. The van der Waals surface area contributed by atoms with E-state index in [1.165, 1.54) is 11.8 Å². The highest BCUT2D eigenvalue weighted by Crippen LogP contribution is 2.10. The minimum absolute atomic E-state index is 0.0355. The van der Waals surface area contributed by atoms with Gasteiger partial charge in [-0.2, -0.15) is 24.4 Å². The fourth-order valence-electron chi connectivity index (χ4n) is 2.82. The Bertz CT molecular complexity index is 611. The zero-order chi connectivity index (χ0) is 24.7. The zero-order valence-electron chi connectivity index (χ0n) is 19.1. The summed E-state index contributed by atoms with van der Waals surface area (Å²) < 4.78 is 0. The SMILES string of the molecule is CCC(C)C(NC(=O)C(N)CCCCN)C(=O)NC(CS)C(=O)NC(CCSC)C(=O)O. The first-order valence-corrected chi connectivity index (χ1v) is 12.8. The molecule has 0 rings (SSSR count). The van der Waals surface area contributed by atoms with Crippen LogP contribution in [0.25, 0.3) is 0 Å². The molecule has 12 heteroatoms. The van der Waals surface area contributed by atoms with Crippen molar-refractivity contribution in [3.05, 3.63) is 0 Å². The molecular formula is C20H39N5O5S2. The molecule has 10 nitrogen and oxygen atoms in total. The van der Waals surface area contributed by atoms with Crippen LogP contribution in [0.5, 0.6) is 0 Å². The first-order valence-electron chi connectivity index (χ1n) is 10.8.